The van der Waals surface area contributed by atoms with E-state index in [0.29, 0.717) is 26.2 Å². The normalized spacial score (nSPS) is 17.5. The van der Waals surface area contributed by atoms with Crippen LogP contribution in [0.2, 0.25) is 0 Å². The van der Waals surface area contributed by atoms with Crippen LogP contribution in [-0.4, -0.2) is 68.1 Å². The fraction of sp³-hybridized carbons (Fsp3) is 0.615. The van der Waals surface area contributed by atoms with E-state index in [0.717, 1.165) is 15.3 Å². The smallest absolute Gasteiger partial charge is 0.281 e. The van der Waals surface area contributed by atoms with Gasteiger partial charge in [0, 0.05) is 50.0 Å². The number of thiophene rings is 1. The third-order valence-electron chi connectivity index (χ3n) is 3.58. The van der Waals surface area contributed by atoms with E-state index in [2.05, 4.69) is 0 Å². The van der Waals surface area contributed by atoms with Crippen LogP contribution in [0.4, 0.5) is 0 Å². The molecule has 6 nitrogen and oxygen atoms in total. The predicted molar refractivity (Wildman–Crippen MR) is 83.9 cm³/mol. The number of hydrogen-bond donors (Lipinski definition) is 0. The average Bonchev–Trinajstić information content (AvgIpc) is 2.77. The van der Waals surface area contributed by atoms with Crippen molar-refractivity contribution in [1.29, 1.82) is 0 Å². The Morgan fingerprint density at radius 3 is 2.19 bits per heavy atom. The Bertz CT molecular complexity index is 629. The van der Waals surface area contributed by atoms with Crippen LogP contribution in [-0.2, 0) is 10.2 Å². The van der Waals surface area contributed by atoms with Crippen molar-refractivity contribution in [1.82, 2.24) is 13.5 Å². The van der Waals surface area contributed by atoms with Gasteiger partial charge in [-0.05, 0) is 19.9 Å². The maximum absolute atomic E-state index is 12.5. The first kappa shape index (κ1) is 16.4. The van der Waals surface area contributed by atoms with E-state index in [1.165, 1.54) is 22.7 Å². The van der Waals surface area contributed by atoms with Crippen molar-refractivity contribution < 1.29 is 13.2 Å². The van der Waals surface area contributed by atoms with Crippen molar-refractivity contribution in [3.8, 4) is 0 Å². The molecule has 2 rings (SSSR count). The lowest BCUT2D eigenvalue weighted by molar-refractivity contribution is 0.0695. The monoisotopic (exact) mass is 331 g/mol. The highest BCUT2D eigenvalue weighted by Crippen LogP contribution is 2.23. The summed E-state index contributed by atoms with van der Waals surface area (Å²) in [5.41, 5.74) is 0.737. The van der Waals surface area contributed by atoms with E-state index in [9.17, 15) is 13.2 Å². The van der Waals surface area contributed by atoms with Gasteiger partial charge in [-0.1, -0.05) is 0 Å². The van der Waals surface area contributed by atoms with Gasteiger partial charge >= 0.3 is 0 Å². The largest absolute Gasteiger partial charge is 0.336 e. The summed E-state index contributed by atoms with van der Waals surface area (Å²) in [6.07, 6.45) is 0. The molecule has 1 aromatic rings. The molecule has 0 N–H and O–H groups in total. The van der Waals surface area contributed by atoms with Gasteiger partial charge in [0.25, 0.3) is 16.1 Å². The topological polar surface area (TPSA) is 60.9 Å². The summed E-state index contributed by atoms with van der Waals surface area (Å²) < 4.78 is 26.7. The van der Waals surface area contributed by atoms with Gasteiger partial charge in [-0.3, -0.25) is 4.79 Å². The molecule has 0 radical (unpaired) electrons. The Hall–Kier alpha value is -0.960. The zero-order valence-corrected chi connectivity index (χ0v) is 14.4. The summed E-state index contributed by atoms with van der Waals surface area (Å²) in [4.78, 5) is 16.3. The molecule has 0 aliphatic carbocycles. The first-order valence-electron chi connectivity index (χ1n) is 6.77. The van der Waals surface area contributed by atoms with Crippen molar-refractivity contribution in [2.75, 3.05) is 40.3 Å². The highest BCUT2D eigenvalue weighted by Gasteiger charge is 2.31. The molecule has 0 unspecified atom stereocenters. The molecule has 0 bridgehead atoms. The fourth-order valence-electron chi connectivity index (χ4n) is 2.37. The van der Waals surface area contributed by atoms with E-state index in [1.807, 2.05) is 19.9 Å². The number of carbonyl (C=O) groups is 1. The number of carbonyl (C=O) groups excluding carboxylic acids is 1. The van der Waals surface area contributed by atoms with Crippen LogP contribution in [0.1, 0.15) is 20.1 Å². The fourth-order valence-corrected chi connectivity index (χ4v) is 4.37. The van der Waals surface area contributed by atoms with E-state index in [-0.39, 0.29) is 5.91 Å². The van der Waals surface area contributed by atoms with Gasteiger partial charge in [-0.2, -0.15) is 17.0 Å². The van der Waals surface area contributed by atoms with Crippen LogP contribution in [0.3, 0.4) is 0 Å². The molecule has 1 aromatic heterocycles. The Balaban J connectivity index is 2.05. The van der Waals surface area contributed by atoms with Crippen LogP contribution in [0.25, 0.3) is 0 Å². The lowest BCUT2D eigenvalue weighted by Crippen LogP contribution is -2.53. The number of nitrogens with zero attached hydrogens (tertiary/aromatic N) is 3. The Labute approximate surface area is 130 Å². The van der Waals surface area contributed by atoms with E-state index in [1.54, 1.807) is 16.2 Å². The first-order chi connectivity index (χ1) is 9.73. The second-order valence-corrected chi connectivity index (χ2v) is 8.91. The van der Waals surface area contributed by atoms with E-state index in [4.69, 9.17) is 0 Å². The number of aryl methyl sites for hydroxylation is 2. The molecule has 0 saturated carbocycles. The summed E-state index contributed by atoms with van der Waals surface area (Å²) in [7, 11) is -0.351. The minimum Gasteiger partial charge on any atom is -0.336 e. The molecular weight excluding hydrogens is 310 g/mol. The molecular formula is C13H21N3O3S2. The minimum atomic E-state index is -3.39. The highest BCUT2D eigenvalue weighted by molar-refractivity contribution is 7.86. The Morgan fingerprint density at radius 1 is 1.19 bits per heavy atom. The summed E-state index contributed by atoms with van der Waals surface area (Å²) in [5, 5.41) is 0. The molecule has 0 atom stereocenters. The molecule has 118 valence electrons. The molecule has 1 saturated heterocycles. The Morgan fingerprint density at radius 2 is 1.76 bits per heavy atom. The highest BCUT2D eigenvalue weighted by atomic mass is 32.2. The van der Waals surface area contributed by atoms with Crippen LogP contribution in [0.15, 0.2) is 6.07 Å². The maximum atomic E-state index is 12.5. The molecule has 0 spiro atoms. The van der Waals surface area contributed by atoms with Gasteiger partial charge < -0.3 is 4.90 Å². The summed E-state index contributed by atoms with van der Waals surface area (Å²) in [5.74, 6) is -0.00116. The molecule has 0 aromatic carbocycles. The zero-order chi connectivity index (χ0) is 15.8. The van der Waals surface area contributed by atoms with Crippen LogP contribution in [0.5, 0.6) is 0 Å². The van der Waals surface area contributed by atoms with Gasteiger partial charge in [0.05, 0.1) is 5.56 Å². The predicted octanol–water partition coefficient (Wildman–Crippen LogP) is 0.929. The lowest BCUT2D eigenvalue weighted by atomic mass is 10.2. The molecule has 2 heterocycles. The van der Waals surface area contributed by atoms with E-state index >= 15 is 0 Å². The maximum Gasteiger partial charge on any atom is 0.281 e. The first-order valence-corrected chi connectivity index (χ1v) is 8.98. The molecule has 21 heavy (non-hydrogen) atoms. The van der Waals surface area contributed by atoms with Crippen LogP contribution in [0, 0.1) is 13.8 Å². The van der Waals surface area contributed by atoms with Gasteiger partial charge in [0.15, 0.2) is 0 Å². The standard InChI is InChI=1S/C13H21N3O3S2/c1-10-9-12(11(2)20-10)13(17)15-5-7-16(8-6-15)21(18,19)14(3)4/h9H,5-8H2,1-4H3. The number of amides is 1. The lowest BCUT2D eigenvalue weighted by Gasteiger charge is -2.35. The van der Waals surface area contributed by atoms with Crippen LogP contribution >= 0.6 is 11.3 Å². The Kier molecular flexibility index (Phi) is 4.72. The quantitative estimate of drug-likeness (QED) is 0.828. The minimum absolute atomic E-state index is 0.00116. The van der Waals surface area contributed by atoms with Gasteiger partial charge in [0.1, 0.15) is 0 Å². The zero-order valence-electron chi connectivity index (χ0n) is 12.8. The van der Waals surface area contributed by atoms with Crippen molar-refractivity contribution in [3.05, 3.63) is 21.4 Å². The average molecular weight is 331 g/mol. The SMILES string of the molecule is Cc1cc(C(=O)N2CCN(S(=O)(=O)N(C)C)CC2)c(C)s1. The van der Waals surface area contributed by atoms with E-state index < -0.39 is 10.2 Å². The molecule has 1 aliphatic heterocycles. The summed E-state index contributed by atoms with van der Waals surface area (Å²) >= 11 is 1.61. The van der Waals surface area contributed by atoms with Gasteiger partial charge in [-0.15, -0.1) is 11.3 Å². The second-order valence-electron chi connectivity index (χ2n) is 5.31. The second kappa shape index (κ2) is 6.04. The van der Waals surface area contributed by atoms with Gasteiger partial charge in [0.2, 0.25) is 0 Å². The van der Waals surface area contributed by atoms with Crippen molar-refractivity contribution >= 4 is 27.5 Å². The third kappa shape index (κ3) is 3.28. The van der Waals surface area contributed by atoms with Crippen LogP contribution < -0.4 is 0 Å². The third-order valence-corrected chi connectivity index (χ3v) is 6.49. The van der Waals surface area contributed by atoms with Crippen molar-refractivity contribution in [2.24, 2.45) is 0 Å². The molecule has 1 aliphatic rings. The molecule has 1 fully saturated rings. The molecule has 1 amide bonds. The number of rotatable bonds is 3. The number of hydrogen-bond acceptors (Lipinski definition) is 4. The number of piperazine rings is 1. The van der Waals surface area contributed by atoms with Crippen molar-refractivity contribution in [2.45, 2.75) is 13.8 Å². The summed E-state index contributed by atoms with van der Waals surface area (Å²) in [6.45, 7) is 5.47. The van der Waals surface area contributed by atoms with Gasteiger partial charge in [-0.25, -0.2) is 0 Å². The molecule has 8 heteroatoms. The summed E-state index contributed by atoms with van der Waals surface area (Å²) in [6, 6.07) is 1.91. The van der Waals surface area contributed by atoms with Crippen molar-refractivity contribution in [3.63, 3.8) is 0 Å².